The van der Waals surface area contributed by atoms with Crippen LogP contribution in [0.2, 0.25) is 0 Å². The van der Waals surface area contributed by atoms with Gasteiger partial charge in [0.1, 0.15) is 11.3 Å². The molecule has 0 unspecified atom stereocenters. The Labute approximate surface area is 218 Å². The highest BCUT2D eigenvalue weighted by molar-refractivity contribution is 9.10. The van der Waals surface area contributed by atoms with Gasteiger partial charge in [-0.2, -0.15) is 9.78 Å². The van der Waals surface area contributed by atoms with Crippen molar-refractivity contribution in [2.24, 2.45) is 5.10 Å². The zero-order valence-corrected chi connectivity index (χ0v) is 22.2. The van der Waals surface area contributed by atoms with E-state index in [0.29, 0.717) is 33.8 Å². The molecule has 5 aromatic rings. The molecule has 0 saturated carbocycles. The Morgan fingerprint density at radius 2 is 1.86 bits per heavy atom. The summed E-state index contributed by atoms with van der Waals surface area (Å²) >= 11 is 7.00. The van der Waals surface area contributed by atoms with Gasteiger partial charge in [-0.25, -0.2) is 4.98 Å². The first-order valence-electron chi connectivity index (χ1n) is 11.1. The second-order valence-corrected chi connectivity index (χ2v) is 9.96. The fourth-order valence-corrected chi connectivity index (χ4v) is 4.42. The molecule has 8 heteroatoms. The SMILES string of the molecule is CC[C@H](C)Oc1ccc(Br)cc1C=Nn1c(-c2cc3cc(Br)ccc3o2)nc2ccccc2c1=O. The third kappa shape index (κ3) is 4.81. The number of hydrogen-bond donors (Lipinski definition) is 0. The van der Waals surface area contributed by atoms with E-state index in [2.05, 4.69) is 43.9 Å². The standard InChI is InChI=1S/C27H21Br2N3O3/c1-3-16(2)34-24-11-9-20(29)13-18(24)15-30-32-26(31-22-7-5-4-6-21(22)27(32)33)25-14-17-12-19(28)8-10-23(17)35-25/h4-16H,3H2,1-2H3/t16-/m0/s1. The van der Waals surface area contributed by atoms with E-state index in [1.165, 1.54) is 4.68 Å². The van der Waals surface area contributed by atoms with Gasteiger partial charge < -0.3 is 9.15 Å². The zero-order chi connectivity index (χ0) is 24.5. The summed E-state index contributed by atoms with van der Waals surface area (Å²) in [4.78, 5) is 18.2. The van der Waals surface area contributed by atoms with Crippen molar-refractivity contribution >= 4 is 59.9 Å². The Kier molecular flexibility index (Phi) is 6.58. The molecule has 6 nitrogen and oxygen atoms in total. The number of hydrogen-bond acceptors (Lipinski definition) is 5. The summed E-state index contributed by atoms with van der Waals surface area (Å²) in [5.74, 6) is 1.45. The van der Waals surface area contributed by atoms with Gasteiger partial charge in [0, 0.05) is 19.9 Å². The first kappa shape index (κ1) is 23.5. The van der Waals surface area contributed by atoms with Crippen LogP contribution in [0.5, 0.6) is 5.75 Å². The molecule has 0 fully saturated rings. The van der Waals surface area contributed by atoms with Gasteiger partial charge >= 0.3 is 0 Å². The van der Waals surface area contributed by atoms with Crippen molar-refractivity contribution in [3.8, 4) is 17.3 Å². The Bertz CT molecular complexity index is 1640. The van der Waals surface area contributed by atoms with Crippen LogP contribution in [-0.4, -0.2) is 22.0 Å². The molecule has 2 heterocycles. The Morgan fingerprint density at radius 1 is 1.09 bits per heavy atom. The molecule has 0 radical (unpaired) electrons. The highest BCUT2D eigenvalue weighted by Gasteiger charge is 2.17. The molecular weight excluding hydrogens is 574 g/mol. The lowest BCUT2D eigenvalue weighted by Gasteiger charge is -2.15. The second kappa shape index (κ2) is 9.79. The summed E-state index contributed by atoms with van der Waals surface area (Å²) in [5, 5.41) is 5.93. The highest BCUT2D eigenvalue weighted by Crippen LogP contribution is 2.29. The normalized spacial score (nSPS) is 12.6. The highest BCUT2D eigenvalue weighted by atomic mass is 79.9. The molecule has 3 aromatic carbocycles. The number of benzene rings is 3. The quantitative estimate of drug-likeness (QED) is 0.192. The van der Waals surface area contributed by atoms with E-state index in [-0.39, 0.29) is 11.7 Å². The minimum atomic E-state index is -0.289. The zero-order valence-electron chi connectivity index (χ0n) is 19.0. The van der Waals surface area contributed by atoms with Gasteiger partial charge in [0.15, 0.2) is 5.76 Å². The van der Waals surface area contributed by atoms with Crippen LogP contribution in [0, 0.1) is 0 Å². The summed E-state index contributed by atoms with van der Waals surface area (Å²) < 4.78 is 15.2. The molecule has 0 amide bonds. The summed E-state index contributed by atoms with van der Waals surface area (Å²) in [5.41, 5.74) is 1.71. The van der Waals surface area contributed by atoms with Crippen molar-refractivity contribution in [2.75, 3.05) is 0 Å². The van der Waals surface area contributed by atoms with Gasteiger partial charge in [0.2, 0.25) is 5.82 Å². The lowest BCUT2D eigenvalue weighted by molar-refractivity contribution is 0.217. The number of fused-ring (bicyclic) bond motifs is 2. The van der Waals surface area contributed by atoms with Crippen molar-refractivity contribution in [2.45, 2.75) is 26.4 Å². The molecular formula is C27H21Br2N3O3. The third-order valence-electron chi connectivity index (χ3n) is 5.64. The average Bonchev–Trinajstić information content (AvgIpc) is 3.27. The molecule has 35 heavy (non-hydrogen) atoms. The molecule has 0 aliphatic carbocycles. The second-order valence-electron chi connectivity index (χ2n) is 8.13. The minimum Gasteiger partial charge on any atom is -0.490 e. The van der Waals surface area contributed by atoms with Crippen LogP contribution in [-0.2, 0) is 0 Å². The molecule has 5 rings (SSSR count). The fourth-order valence-electron chi connectivity index (χ4n) is 3.66. The largest absolute Gasteiger partial charge is 0.490 e. The van der Waals surface area contributed by atoms with Gasteiger partial charge in [0.05, 0.1) is 23.2 Å². The van der Waals surface area contributed by atoms with Gasteiger partial charge in [-0.05, 0) is 67.9 Å². The van der Waals surface area contributed by atoms with Crippen LogP contribution < -0.4 is 10.3 Å². The number of ether oxygens (including phenoxy) is 1. The minimum absolute atomic E-state index is 0.0406. The predicted octanol–water partition coefficient (Wildman–Crippen LogP) is 7.39. The Hall–Kier alpha value is -3.23. The number of halogens is 2. The van der Waals surface area contributed by atoms with Crippen LogP contribution in [0.3, 0.4) is 0 Å². The Morgan fingerprint density at radius 3 is 2.69 bits per heavy atom. The van der Waals surface area contributed by atoms with Crippen molar-refractivity contribution < 1.29 is 9.15 Å². The molecule has 0 aliphatic rings. The van der Waals surface area contributed by atoms with E-state index in [1.54, 1.807) is 18.3 Å². The number of rotatable bonds is 6. The van der Waals surface area contributed by atoms with E-state index in [4.69, 9.17) is 14.1 Å². The Balaban J connectivity index is 1.69. The summed E-state index contributed by atoms with van der Waals surface area (Å²) in [6.45, 7) is 4.08. The molecule has 176 valence electrons. The van der Waals surface area contributed by atoms with Crippen LogP contribution in [0.1, 0.15) is 25.8 Å². The maximum absolute atomic E-state index is 13.5. The fraction of sp³-hybridized carbons (Fsp3) is 0.148. The van der Waals surface area contributed by atoms with Crippen molar-refractivity contribution in [3.63, 3.8) is 0 Å². The van der Waals surface area contributed by atoms with E-state index >= 15 is 0 Å². The van der Waals surface area contributed by atoms with E-state index in [0.717, 1.165) is 26.3 Å². The molecule has 0 bridgehead atoms. The van der Waals surface area contributed by atoms with Crippen LogP contribution >= 0.6 is 31.9 Å². The first-order chi connectivity index (χ1) is 16.9. The number of furan rings is 1. The summed E-state index contributed by atoms with van der Waals surface area (Å²) in [6, 6.07) is 20.5. The van der Waals surface area contributed by atoms with Gasteiger partial charge in [-0.15, -0.1) is 0 Å². The van der Waals surface area contributed by atoms with E-state index in [1.807, 2.05) is 61.5 Å². The van der Waals surface area contributed by atoms with Crippen molar-refractivity contribution in [1.82, 2.24) is 9.66 Å². The first-order valence-corrected chi connectivity index (χ1v) is 12.7. The van der Waals surface area contributed by atoms with Crippen LogP contribution in [0.25, 0.3) is 33.5 Å². The monoisotopic (exact) mass is 593 g/mol. The smallest absolute Gasteiger partial charge is 0.282 e. The number of para-hydroxylation sites is 1. The maximum atomic E-state index is 13.5. The van der Waals surface area contributed by atoms with Gasteiger partial charge in [0.25, 0.3) is 5.56 Å². The number of nitrogens with zero attached hydrogens (tertiary/aromatic N) is 3. The topological polar surface area (TPSA) is 69.6 Å². The van der Waals surface area contributed by atoms with Gasteiger partial charge in [-0.3, -0.25) is 4.79 Å². The van der Waals surface area contributed by atoms with Crippen molar-refractivity contribution in [1.29, 1.82) is 0 Å². The van der Waals surface area contributed by atoms with E-state index in [9.17, 15) is 4.79 Å². The predicted molar refractivity (Wildman–Crippen MR) is 146 cm³/mol. The molecule has 0 aliphatic heterocycles. The molecule has 0 N–H and O–H groups in total. The molecule has 2 aromatic heterocycles. The lowest BCUT2D eigenvalue weighted by atomic mass is 10.2. The van der Waals surface area contributed by atoms with Crippen LogP contribution in [0.4, 0.5) is 0 Å². The molecule has 0 saturated heterocycles. The van der Waals surface area contributed by atoms with Crippen LogP contribution in [0.15, 0.2) is 90.0 Å². The summed E-state index contributed by atoms with van der Waals surface area (Å²) in [6.07, 6.45) is 2.52. The average molecular weight is 595 g/mol. The van der Waals surface area contributed by atoms with Crippen molar-refractivity contribution in [3.05, 3.63) is 91.6 Å². The van der Waals surface area contributed by atoms with Gasteiger partial charge in [-0.1, -0.05) is 50.9 Å². The maximum Gasteiger partial charge on any atom is 0.282 e. The molecule has 1 atom stereocenters. The molecule has 0 spiro atoms. The number of aromatic nitrogens is 2. The lowest BCUT2D eigenvalue weighted by Crippen LogP contribution is -2.20. The van der Waals surface area contributed by atoms with E-state index < -0.39 is 0 Å². The summed E-state index contributed by atoms with van der Waals surface area (Å²) in [7, 11) is 0. The third-order valence-corrected chi connectivity index (χ3v) is 6.63.